The summed E-state index contributed by atoms with van der Waals surface area (Å²) in [6.45, 7) is -0.129. The lowest BCUT2D eigenvalue weighted by Gasteiger charge is -2.11. The van der Waals surface area contributed by atoms with Gasteiger partial charge in [-0.3, -0.25) is 9.47 Å². The van der Waals surface area contributed by atoms with Crippen LogP contribution in [0.1, 0.15) is 0 Å². The molecule has 3 rings (SSSR count). The topological polar surface area (TPSA) is 121 Å². The van der Waals surface area contributed by atoms with Gasteiger partial charge in [-0.1, -0.05) is 0 Å². The number of cyclic esters (lactones) is 1. The molecule has 1 aliphatic heterocycles. The Morgan fingerprint density at radius 3 is 2.82 bits per heavy atom. The molecule has 0 radical (unpaired) electrons. The molecule has 11 heteroatoms. The normalized spacial score (nSPS) is 18.9. The fourth-order valence-electron chi connectivity index (χ4n) is 2.04. The Morgan fingerprint density at radius 1 is 1.41 bits per heavy atom. The first-order chi connectivity index (χ1) is 10.2. The highest BCUT2D eigenvalue weighted by molar-refractivity contribution is 7.86. The van der Waals surface area contributed by atoms with E-state index in [1.807, 2.05) is 0 Å². The average molecular weight is 329 g/mol. The Morgan fingerprint density at radius 2 is 2.14 bits per heavy atom. The number of ether oxygens (including phenoxy) is 1. The number of oxazole rings is 1. The van der Waals surface area contributed by atoms with Crippen LogP contribution in [0.3, 0.4) is 0 Å². The summed E-state index contributed by atoms with van der Waals surface area (Å²) in [7, 11) is -2.26. The van der Waals surface area contributed by atoms with Gasteiger partial charge in [-0.25, -0.2) is 18.8 Å². The van der Waals surface area contributed by atoms with E-state index in [9.17, 15) is 18.0 Å². The summed E-state index contributed by atoms with van der Waals surface area (Å²) in [4.78, 5) is 28.4. The van der Waals surface area contributed by atoms with E-state index < -0.39 is 28.3 Å². The maximum Gasteiger partial charge on any atom is 0.420 e. The van der Waals surface area contributed by atoms with E-state index in [-0.39, 0.29) is 12.1 Å². The van der Waals surface area contributed by atoms with Crippen molar-refractivity contribution in [2.75, 3.05) is 17.7 Å². The van der Waals surface area contributed by atoms with Gasteiger partial charge in [0.1, 0.15) is 0 Å². The van der Waals surface area contributed by atoms with Gasteiger partial charge in [0.05, 0.1) is 24.7 Å². The fraction of sp³-hybridized carbons (Fsp3) is 0.364. The number of pyridine rings is 1. The predicted molar refractivity (Wildman–Crippen MR) is 72.8 cm³/mol. The van der Waals surface area contributed by atoms with Crippen LogP contribution in [0.15, 0.2) is 21.5 Å². The van der Waals surface area contributed by atoms with Crippen LogP contribution in [0.4, 0.5) is 10.5 Å². The van der Waals surface area contributed by atoms with Crippen LogP contribution in [-0.4, -0.2) is 43.2 Å². The van der Waals surface area contributed by atoms with Gasteiger partial charge in [0, 0.05) is 13.1 Å². The van der Waals surface area contributed by atoms with Gasteiger partial charge in [0.15, 0.2) is 11.2 Å². The van der Waals surface area contributed by atoms with Crippen molar-refractivity contribution in [2.45, 2.75) is 6.29 Å². The van der Waals surface area contributed by atoms with Crippen molar-refractivity contribution in [3.63, 3.8) is 0 Å². The van der Waals surface area contributed by atoms with Crippen molar-refractivity contribution in [3.8, 4) is 0 Å². The Bertz CT molecular complexity index is 913. The van der Waals surface area contributed by atoms with Crippen molar-refractivity contribution in [1.29, 1.82) is 0 Å². The van der Waals surface area contributed by atoms with E-state index in [0.29, 0.717) is 11.3 Å². The number of rotatable bonds is 3. The molecule has 2 aromatic heterocycles. The Balaban J connectivity index is 1.91. The second kappa shape index (κ2) is 4.81. The molecular formula is C11H11N3O7S. The molecule has 1 unspecified atom stereocenters. The third-order valence-corrected chi connectivity index (χ3v) is 3.55. The molecule has 2 aromatic rings. The number of hydrogen-bond acceptors (Lipinski definition) is 8. The minimum absolute atomic E-state index is 0.129. The van der Waals surface area contributed by atoms with Crippen LogP contribution in [0.25, 0.3) is 11.2 Å². The summed E-state index contributed by atoms with van der Waals surface area (Å²) in [6, 6.07) is 1.44. The molecule has 0 aromatic carbocycles. The summed E-state index contributed by atoms with van der Waals surface area (Å²) in [6.07, 6.45) is 0.186. The second-order valence-electron chi connectivity index (χ2n) is 4.67. The van der Waals surface area contributed by atoms with Gasteiger partial charge in [0.2, 0.25) is 6.29 Å². The number of aryl methyl sites for hydroxylation is 1. The number of carbonyl (C=O) groups is 1. The highest BCUT2D eigenvalue weighted by atomic mass is 32.2. The lowest BCUT2D eigenvalue weighted by molar-refractivity contribution is 0.0114. The minimum atomic E-state index is -3.76. The maximum atomic E-state index is 11.8. The van der Waals surface area contributed by atoms with Crippen LogP contribution in [0.2, 0.25) is 0 Å². The molecule has 1 atom stereocenters. The zero-order valence-corrected chi connectivity index (χ0v) is 12.4. The van der Waals surface area contributed by atoms with Gasteiger partial charge in [-0.15, -0.1) is 0 Å². The van der Waals surface area contributed by atoms with Crippen LogP contribution in [0.5, 0.6) is 0 Å². The maximum absolute atomic E-state index is 11.8. The van der Waals surface area contributed by atoms with E-state index in [4.69, 9.17) is 9.15 Å². The molecule has 1 aliphatic rings. The monoisotopic (exact) mass is 329 g/mol. The first-order valence-electron chi connectivity index (χ1n) is 6.06. The molecular weight excluding hydrogens is 318 g/mol. The number of nitrogens with zero attached hydrogens (tertiary/aromatic N) is 3. The van der Waals surface area contributed by atoms with E-state index in [0.717, 1.165) is 11.2 Å². The van der Waals surface area contributed by atoms with Crippen LogP contribution in [-0.2, 0) is 26.1 Å². The molecule has 3 heterocycles. The number of hydrogen-bond donors (Lipinski definition) is 0. The molecule has 1 amide bonds. The number of carbonyl (C=O) groups excluding carboxylic acids is 1. The van der Waals surface area contributed by atoms with E-state index in [1.165, 1.54) is 23.9 Å². The molecule has 0 aliphatic carbocycles. The predicted octanol–water partition coefficient (Wildman–Crippen LogP) is -0.215. The highest BCUT2D eigenvalue weighted by Crippen LogP contribution is 2.24. The fourth-order valence-corrected chi connectivity index (χ4v) is 2.53. The number of fused-ring (bicyclic) bond motifs is 1. The molecule has 0 saturated carbocycles. The van der Waals surface area contributed by atoms with Crippen molar-refractivity contribution in [2.24, 2.45) is 7.05 Å². The Hall–Kier alpha value is -2.40. The Labute approximate surface area is 124 Å². The summed E-state index contributed by atoms with van der Waals surface area (Å²) < 4.78 is 37.7. The van der Waals surface area contributed by atoms with E-state index in [1.54, 1.807) is 0 Å². The first-order valence-corrected chi connectivity index (χ1v) is 7.88. The Kier molecular flexibility index (Phi) is 3.18. The van der Waals surface area contributed by atoms with Crippen molar-refractivity contribution < 1.29 is 26.5 Å². The minimum Gasteiger partial charge on any atom is -0.416 e. The van der Waals surface area contributed by atoms with E-state index in [2.05, 4.69) is 9.17 Å². The molecule has 1 fully saturated rings. The number of amides is 1. The van der Waals surface area contributed by atoms with Gasteiger partial charge in [0.25, 0.3) is 10.1 Å². The molecule has 0 spiro atoms. The van der Waals surface area contributed by atoms with Gasteiger partial charge < -0.3 is 9.15 Å². The van der Waals surface area contributed by atoms with Gasteiger partial charge in [-0.2, -0.15) is 8.42 Å². The SMILES string of the molecule is Cn1c(=O)oc2cc(N3CC(OS(C)(=O)=O)OC3=O)cnc21. The smallest absolute Gasteiger partial charge is 0.416 e. The lowest BCUT2D eigenvalue weighted by Crippen LogP contribution is -2.26. The van der Waals surface area contributed by atoms with Crippen molar-refractivity contribution >= 4 is 33.1 Å². The molecule has 118 valence electrons. The third kappa shape index (κ3) is 2.55. The molecule has 0 N–H and O–H groups in total. The summed E-state index contributed by atoms with van der Waals surface area (Å²) in [5.74, 6) is -0.582. The van der Waals surface area contributed by atoms with Gasteiger partial charge in [-0.05, 0) is 0 Å². The quantitative estimate of drug-likeness (QED) is 0.709. The summed E-state index contributed by atoms with van der Waals surface area (Å²) in [5.41, 5.74) is 0.821. The van der Waals surface area contributed by atoms with Crippen molar-refractivity contribution in [1.82, 2.24) is 9.55 Å². The zero-order valence-electron chi connectivity index (χ0n) is 11.5. The molecule has 10 nitrogen and oxygen atoms in total. The summed E-state index contributed by atoms with van der Waals surface area (Å²) in [5, 5.41) is 0. The molecule has 1 saturated heterocycles. The lowest BCUT2D eigenvalue weighted by atomic mass is 10.3. The standard InChI is InChI=1S/C11H11N3O7S/c1-13-9-7(19-10(13)15)3-6(4-12-9)14-5-8(20-11(14)16)21-22(2,17)18/h3-4,8H,5H2,1-2H3. The molecule has 22 heavy (non-hydrogen) atoms. The van der Waals surface area contributed by atoms with Crippen LogP contribution >= 0.6 is 0 Å². The number of aromatic nitrogens is 2. The number of anilines is 1. The molecule has 0 bridgehead atoms. The van der Waals surface area contributed by atoms with E-state index >= 15 is 0 Å². The third-order valence-electron chi connectivity index (χ3n) is 2.99. The van der Waals surface area contributed by atoms with Crippen molar-refractivity contribution in [3.05, 3.63) is 22.8 Å². The average Bonchev–Trinajstić information content (AvgIpc) is 2.88. The highest BCUT2D eigenvalue weighted by Gasteiger charge is 2.35. The zero-order chi connectivity index (χ0) is 16.1. The van der Waals surface area contributed by atoms with Crippen LogP contribution < -0.4 is 10.7 Å². The first kappa shape index (κ1) is 14.5. The van der Waals surface area contributed by atoms with Crippen LogP contribution in [0, 0.1) is 0 Å². The largest absolute Gasteiger partial charge is 0.420 e. The van der Waals surface area contributed by atoms with Gasteiger partial charge >= 0.3 is 11.8 Å². The second-order valence-corrected chi connectivity index (χ2v) is 6.27. The summed E-state index contributed by atoms with van der Waals surface area (Å²) >= 11 is 0.